The molecule has 24 heavy (non-hydrogen) atoms. The highest BCUT2D eigenvalue weighted by atomic mass is 32.2. The maximum Gasteiger partial charge on any atom is 0.252 e. The molecule has 0 radical (unpaired) electrons. The van der Waals surface area contributed by atoms with Crippen molar-refractivity contribution in [1.82, 2.24) is 24.6 Å². The van der Waals surface area contributed by atoms with Crippen molar-refractivity contribution in [3.63, 3.8) is 0 Å². The Bertz CT molecular complexity index is 746. The number of carbonyl (C=O) groups is 2. The van der Waals surface area contributed by atoms with Crippen molar-refractivity contribution in [3.8, 4) is 5.95 Å². The first-order valence-corrected chi connectivity index (χ1v) is 8.73. The maximum atomic E-state index is 12.3. The normalized spacial score (nSPS) is 14.5. The molecule has 2 aromatic heterocycles. The molecule has 3 heterocycles. The number of aromatic nitrogens is 4. The first kappa shape index (κ1) is 16.4. The van der Waals surface area contributed by atoms with E-state index < -0.39 is 0 Å². The smallest absolute Gasteiger partial charge is 0.252 e. The number of nitrogens with zero attached hydrogens (tertiary/aromatic N) is 5. The van der Waals surface area contributed by atoms with E-state index in [1.165, 1.54) is 21.3 Å². The average Bonchev–Trinajstić information content (AvgIpc) is 3.15. The van der Waals surface area contributed by atoms with Crippen LogP contribution < -0.4 is 5.32 Å². The SMILES string of the molecule is CC(C)c1cc(NC(=O)CN2CSCC2=O)n(-c2ncccn2)n1. The van der Waals surface area contributed by atoms with E-state index in [9.17, 15) is 9.59 Å². The third kappa shape index (κ3) is 3.56. The standard InChI is InChI=1S/C15H18N6O2S/c1-10(2)11-6-12(21(19-11)15-16-4-3-5-17-15)18-13(22)7-20-9-24-8-14(20)23/h3-6,10H,7-9H2,1-2H3,(H,18,22). The molecule has 1 N–H and O–H groups in total. The van der Waals surface area contributed by atoms with Gasteiger partial charge in [0.2, 0.25) is 11.8 Å². The molecule has 0 bridgehead atoms. The topological polar surface area (TPSA) is 93.0 Å². The van der Waals surface area contributed by atoms with Crippen LogP contribution in [-0.2, 0) is 9.59 Å². The van der Waals surface area contributed by atoms with Crippen molar-refractivity contribution in [2.24, 2.45) is 0 Å². The minimum absolute atomic E-state index is 0.0158. The lowest BCUT2D eigenvalue weighted by Crippen LogP contribution is -2.34. The Hall–Kier alpha value is -2.42. The van der Waals surface area contributed by atoms with Gasteiger partial charge in [0.15, 0.2) is 0 Å². The summed E-state index contributed by atoms with van der Waals surface area (Å²) in [6.07, 6.45) is 3.23. The fourth-order valence-electron chi connectivity index (χ4n) is 2.22. The van der Waals surface area contributed by atoms with Gasteiger partial charge in [0.25, 0.3) is 5.95 Å². The van der Waals surface area contributed by atoms with E-state index in [0.717, 1.165) is 5.69 Å². The number of hydrogen-bond acceptors (Lipinski definition) is 6. The molecule has 2 amide bonds. The molecule has 0 aromatic carbocycles. The summed E-state index contributed by atoms with van der Waals surface area (Å²) < 4.78 is 1.51. The van der Waals surface area contributed by atoms with Crippen molar-refractivity contribution < 1.29 is 9.59 Å². The van der Waals surface area contributed by atoms with Crippen LogP contribution in [0.4, 0.5) is 5.82 Å². The lowest BCUT2D eigenvalue weighted by atomic mass is 10.1. The fraction of sp³-hybridized carbons (Fsp3) is 0.400. The van der Waals surface area contributed by atoms with Gasteiger partial charge in [-0.15, -0.1) is 11.8 Å². The van der Waals surface area contributed by atoms with Crippen LogP contribution in [0.3, 0.4) is 0 Å². The zero-order chi connectivity index (χ0) is 17.1. The number of rotatable bonds is 5. The quantitative estimate of drug-likeness (QED) is 0.876. The first-order chi connectivity index (χ1) is 11.5. The van der Waals surface area contributed by atoms with Gasteiger partial charge in [-0.05, 0) is 12.0 Å². The summed E-state index contributed by atoms with van der Waals surface area (Å²) in [5.41, 5.74) is 0.825. The van der Waals surface area contributed by atoms with Gasteiger partial charge in [-0.1, -0.05) is 13.8 Å². The van der Waals surface area contributed by atoms with E-state index in [2.05, 4.69) is 20.4 Å². The maximum absolute atomic E-state index is 12.3. The molecule has 0 unspecified atom stereocenters. The zero-order valence-corrected chi connectivity index (χ0v) is 14.3. The van der Waals surface area contributed by atoms with Crippen LogP contribution in [0.25, 0.3) is 5.95 Å². The minimum Gasteiger partial charge on any atom is -0.323 e. The van der Waals surface area contributed by atoms with Gasteiger partial charge in [0.05, 0.1) is 17.3 Å². The highest BCUT2D eigenvalue weighted by Gasteiger charge is 2.24. The van der Waals surface area contributed by atoms with Gasteiger partial charge in [-0.3, -0.25) is 9.59 Å². The highest BCUT2D eigenvalue weighted by molar-refractivity contribution is 8.00. The van der Waals surface area contributed by atoms with Crippen molar-refractivity contribution >= 4 is 29.4 Å². The predicted octanol–water partition coefficient (Wildman–Crippen LogP) is 1.26. The summed E-state index contributed by atoms with van der Waals surface area (Å²) in [6, 6.07) is 3.52. The molecule has 1 fully saturated rings. The Labute approximate surface area is 143 Å². The molecule has 1 saturated heterocycles. The van der Waals surface area contributed by atoms with Crippen LogP contribution in [0, 0.1) is 0 Å². The highest BCUT2D eigenvalue weighted by Crippen LogP contribution is 2.21. The molecule has 2 aromatic rings. The molecule has 0 atom stereocenters. The van der Waals surface area contributed by atoms with Crippen LogP contribution in [0.15, 0.2) is 24.5 Å². The average molecular weight is 346 g/mol. The molecule has 3 rings (SSSR count). The summed E-state index contributed by atoms with van der Waals surface area (Å²) >= 11 is 1.51. The Morgan fingerprint density at radius 3 is 2.75 bits per heavy atom. The van der Waals surface area contributed by atoms with E-state index in [1.54, 1.807) is 24.5 Å². The van der Waals surface area contributed by atoms with Gasteiger partial charge in [-0.2, -0.15) is 9.78 Å². The fourth-order valence-corrected chi connectivity index (χ4v) is 3.12. The summed E-state index contributed by atoms with van der Waals surface area (Å²) in [7, 11) is 0. The second-order valence-corrected chi connectivity index (χ2v) is 6.64. The third-order valence-corrected chi connectivity index (χ3v) is 4.43. The number of anilines is 1. The Morgan fingerprint density at radius 1 is 1.38 bits per heavy atom. The monoisotopic (exact) mass is 346 g/mol. The van der Waals surface area contributed by atoms with E-state index in [-0.39, 0.29) is 24.3 Å². The summed E-state index contributed by atoms with van der Waals surface area (Å²) in [5.74, 6) is 1.77. The van der Waals surface area contributed by atoms with Gasteiger partial charge >= 0.3 is 0 Å². The Balaban J connectivity index is 1.81. The third-order valence-electron chi connectivity index (χ3n) is 3.49. The van der Waals surface area contributed by atoms with Crippen molar-refractivity contribution in [3.05, 3.63) is 30.2 Å². The van der Waals surface area contributed by atoms with E-state index in [1.807, 2.05) is 13.8 Å². The zero-order valence-electron chi connectivity index (χ0n) is 13.5. The van der Waals surface area contributed by atoms with Crippen molar-refractivity contribution in [1.29, 1.82) is 0 Å². The predicted molar refractivity (Wildman–Crippen MR) is 90.9 cm³/mol. The molecule has 9 heteroatoms. The van der Waals surface area contributed by atoms with Crippen LogP contribution >= 0.6 is 11.8 Å². The molecule has 0 spiro atoms. The van der Waals surface area contributed by atoms with Crippen LogP contribution in [-0.4, -0.2) is 54.6 Å². The van der Waals surface area contributed by atoms with Crippen molar-refractivity contribution in [2.45, 2.75) is 19.8 Å². The van der Waals surface area contributed by atoms with Crippen LogP contribution in [0.1, 0.15) is 25.5 Å². The number of carbonyl (C=O) groups excluding carboxylic acids is 2. The number of hydrogen-bond donors (Lipinski definition) is 1. The Morgan fingerprint density at radius 2 is 2.12 bits per heavy atom. The molecule has 1 aliphatic rings. The summed E-state index contributed by atoms with van der Waals surface area (Å²) in [4.78, 5) is 33.8. The lowest BCUT2D eigenvalue weighted by molar-refractivity contribution is -0.130. The minimum atomic E-state index is -0.266. The van der Waals surface area contributed by atoms with Gasteiger partial charge in [0.1, 0.15) is 12.4 Å². The molecule has 126 valence electrons. The van der Waals surface area contributed by atoms with Gasteiger partial charge < -0.3 is 10.2 Å². The van der Waals surface area contributed by atoms with E-state index in [4.69, 9.17) is 0 Å². The molecular formula is C15H18N6O2S. The second-order valence-electron chi connectivity index (χ2n) is 5.69. The van der Waals surface area contributed by atoms with E-state index >= 15 is 0 Å². The van der Waals surface area contributed by atoms with Crippen LogP contribution in [0.2, 0.25) is 0 Å². The van der Waals surface area contributed by atoms with Gasteiger partial charge in [-0.25, -0.2) is 9.97 Å². The summed E-state index contributed by atoms with van der Waals surface area (Å²) in [6.45, 7) is 4.07. The Kier molecular flexibility index (Phi) is 4.79. The molecule has 1 aliphatic heterocycles. The molecule has 0 saturated carbocycles. The largest absolute Gasteiger partial charge is 0.323 e. The number of nitrogens with one attached hydrogen (secondary N) is 1. The lowest BCUT2D eigenvalue weighted by Gasteiger charge is -2.14. The first-order valence-electron chi connectivity index (χ1n) is 7.57. The van der Waals surface area contributed by atoms with Gasteiger partial charge in [0, 0.05) is 18.5 Å². The molecule has 0 aliphatic carbocycles. The van der Waals surface area contributed by atoms with Crippen LogP contribution in [0.5, 0.6) is 0 Å². The second kappa shape index (κ2) is 7.00. The van der Waals surface area contributed by atoms with Crippen molar-refractivity contribution in [2.75, 3.05) is 23.5 Å². The number of amides is 2. The number of thioether (sulfide) groups is 1. The summed E-state index contributed by atoms with van der Waals surface area (Å²) in [5, 5.41) is 7.28. The molecular weight excluding hydrogens is 328 g/mol. The molecule has 8 nitrogen and oxygen atoms in total. The van der Waals surface area contributed by atoms with E-state index in [0.29, 0.717) is 23.4 Å².